The molecule has 0 bridgehead atoms. The van der Waals surface area contributed by atoms with Gasteiger partial charge in [0.25, 0.3) is 10.0 Å². The van der Waals surface area contributed by atoms with Crippen molar-refractivity contribution in [1.82, 2.24) is 4.57 Å². The van der Waals surface area contributed by atoms with Crippen LogP contribution in [0.25, 0.3) is 10.2 Å². The zero-order valence-corrected chi connectivity index (χ0v) is 20.8. The van der Waals surface area contributed by atoms with Crippen LogP contribution in [0.2, 0.25) is 5.02 Å². The van der Waals surface area contributed by atoms with Crippen LogP contribution in [0, 0.1) is 0 Å². The maximum atomic E-state index is 13.0. The Balaban J connectivity index is 1.38. The molecule has 0 unspecified atom stereocenters. The van der Waals surface area contributed by atoms with Crippen molar-refractivity contribution >= 4 is 54.6 Å². The number of aromatic nitrogens is 1. The molecule has 9 heteroatoms. The summed E-state index contributed by atoms with van der Waals surface area (Å²) in [6, 6.07) is 19.6. The van der Waals surface area contributed by atoms with Gasteiger partial charge in [0.15, 0.2) is 0 Å². The van der Waals surface area contributed by atoms with Gasteiger partial charge in [-0.2, -0.15) is 0 Å². The van der Waals surface area contributed by atoms with Gasteiger partial charge in [-0.1, -0.05) is 41.1 Å². The summed E-state index contributed by atoms with van der Waals surface area (Å²) in [5.41, 5.74) is 3.12. The Labute approximate surface area is 207 Å². The normalized spacial score (nSPS) is 14.4. The standard InChI is InChI=1S/C25H24ClN3O3S2/c26-22-7-3-2-6-18(22)17-29-23-13-12-21(16-24(23)33-25(29)30)34(31,32)27-19-8-10-20(11-9-19)28-14-4-1-5-15-28/h2-3,6-13,16,27H,1,4-5,14-15,17H2. The number of anilines is 2. The van der Waals surface area contributed by atoms with Gasteiger partial charge in [-0.05, 0) is 73.4 Å². The number of hydrogen-bond acceptors (Lipinski definition) is 5. The van der Waals surface area contributed by atoms with Gasteiger partial charge in [-0.3, -0.25) is 14.1 Å². The van der Waals surface area contributed by atoms with Crippen LogP contribution in [-0.4, -0.2) is 26.1 Å². The van der Waals surface area contributed by atoms with Gasteiger partial charge < -0.3 is 4.90 Å². The molecule has 0 aliphatic carbocycles. The first-order chi connectivity index (χ1) is 16.4. The lowest BCUT2D eigenvalue weighted by Gasteiger charge is -2.28. The molecule has 1 saturated heterocycles. The summed E-state index contributed by atoms with van der Waals surface area (Å²) < 4.78 is 31.0. The Hall–Kier alpha value is -2.81. The number of sulfonamides is 1. The zero-order chi connectivity index (χ0) is 23.7. The second-order valence-corrected chi connectivity index (χ2v) is 11.5. The van der Waals surface area contributed by atoms with Gasteiger partial charge in [0.05, 0.1) is 21.7 Å². The molecule has 0 spiro atoms. The van der Waals surface area contributed by atoms with Crippen LogP contribution in [0.3, 0.4) is 0 Å². The van der Waals surface area contributed by atoms with E-state index in [0.717, 1.165) is 35.7 Å². The lowest BCUT2D eigenvalue weighted by atomic mass is 10.1. The lowest BCUT2D eigenvalue weighted by Crippen LogP contribution is -2.29. The fraction of sp³-hybridized carbons (Fsp3) is 0.240. The molecular weight excluding hydrogens is 490 g/mol. The van der Waals surface area contributed by atoms with Gasteiger partial charge in [-0.25, -0.2) is 8.42 Å². The van der Waals surface area contributed by atoms with E-state index in [1.54, 1.807) is 34.9 Å². The minimum absolute atomic E-state index is 0.117. The van der Waals surface area contributed by atoms with E-state index in [1.807, 2.05) is 30.3 Å². The van der Waals surface area contributed by atoms with E-state index in [-0.39, 0.29) is 9.77 Å². The van der Waals surface area contributed by atoms with Crippen molar-refractivity contribution in [2.24, 2.45) is 0 Å². The third-order valence-electron chi connectivity index (χ3n) is 6.08. The minimum atomic E-state index is -3.80. The van der Waals surface area contributed by atoms with Crippen LogP contribution < -0.4 is 14.5 Å². The molecule has 3 aromatic carbocycles. The van der Waals surface area contributed by atoms with E-state index in [0.29, 0.717) is 27.5 Å². The van der Waals surface area contributed by atoms with Crippen molar-refractivity contribution in [3.63, 3.8) is 0 Å². The Morgan fingerprint density at radius 3 is 2.41 bits per heavy atom. The fourth-order valence-corrected chi connectivity index (χ4v) is 6.55. The van der Waals surface area contributed by atoms with Crippen LogP contribution >= 0.6 is 22.9 Å². The number of piperidine rings is 1. The SMILES string of the molecule is O=c1sc2cc(S(=O)(=O)Nc3ccc(N4CCCCC4)cc3)ccc2n1Cc1ccccc1Cl. The molecule has 5 rings (SSSR count). The van der Waals surface area contributed by atoms with Gasteiger partial charge in [0, 0.05) is 29.5 Å². The predicted octanol–water partition coefficient (Wildman–Crippen LogP) is 5.56. The average molecular weight is 514 g/mol. The quantitative estimate of drug-likeness (QED) is 0.366. The molecule has 1 fully saturated rings. The van der Waals surface area contributed by atoms with Crippen molar-refractivity contribution in [1.29, 1.82) is 0 Å². The molecule has 6 nitrogen and oxygen atoms in total. The first-order valence-corrected chi connectivity index (χ1v) is 13.8. The zero-order valence-electron chi connectivity index (χ0n) is 18.4. The van der Waals surface area contributed by atoms with Crippen LogP contribution in [0.4, 0.5) is 11.4 Å². The van der Waals surface area contributed by atoms with Crippen molar-refractivity contribution < 1.29 is 8.42 Å². The minimum Gasteiger partial charge on any atom is -0.372 e. The molecule has 1 aromatic heterocycles. The summed E-state index contributed by atoms with van der Waals surface area (Å²) in [7, 11) is -3.80. The number of fused-ring (bicyclic) bond motifs is 1. The predicted molar refractivity (Wildman–Crippen MR) is 140 cm³/mol. The molecule has 0 amide bonds. The first kappa shape index (κ1) is 23.0. The van der Waals surface area contributed by atoms with E-state index >= 15 is 0 Å². The average Bonchev–Trinajstić information content (AvgIpc) is 3.15. The van der Waals surface area contributed by atoms with Gasteiger partial charge in [0.2, 0.25) is 0 Å². The molecule has 34 heavy (non-hydrogen) atoms. The highest BCUT2D eigenvalue weighted by atomic mass is 35.5. The highest BCUT2D eigenvalue weighted by molar-refractivity contribution is 7.92. The van der Waals surface area contributed by atoms with Crippen molar-refractivity contribution in [3.05, 3.63) is 87.0 Å². The summed E-state index contributed by atoms with van der Waals surface area (Å²) in [5.74, 6) is 0. The van der Waals surface area contributed by atoms with E-state index in [2.05, 4.69) is 9.62 Å². The third-order valence-corrected chi connectivity index (χ3v) is 8.77. The topological polar surface area (TPSA) is 71.4 Å². The highest BCUT2D eigenvalue weighted by Gasteiger charge is 2.18. The Morgan fingerprint density at radius 2 is 1.68 bits per heavy atom. The van der Waals surface area contributed by atoms with Gasteiger partial charge >= 0.3 is 4.87 Å². The van der Waals surface area contributed by atoms with Gasteiger partial charge in [0.1, 0.15) is 0 Å². The van der Waals surface area contributed by atoms with Crippen LogP contribution in [0.5, 0.6) is 0 Å². The summed E-state index contributed by atoms with van der Waals surface area (Å²) >= 11 is 7.28. The van der Waals surface area contributed by atoms with E-state index in [1.165, 1.54) is 25.3 Å². The number of nitrogens with zero attached hydrogens (tertiary/aromatic N) is 2. The Kier molecular flexibility index (Phi) is 6.38. The Morgan fingerprint density at radius 1 is 0.941 bits per heavy atom. The molecule has 1 aliphatic rings. The molecule has 176 valence electrons. The monoisotopic (exact) mass is 513 g/mol. The van der Waals surface area contributed by atoms with Gasteiger partial charge in [-0.15, -0.1) is 0 Å². The molecule has 1 N–H and O–H groups in total. The molecule has 2 heterocycles. The lowest BCUT2D eigenvalue weighted by molar-refractivity contribution is 0.578. The number of nitrogens with one attached hydrogen (secondary N) is 1. The molecule has 0 radical (unpaired) electrons. The van der Waals surface area contributed by atoms with Crippen LogP contribution in [0.15, 0.2) is 76.4 Å². The maximum absolute atomic E-state index is 13.0. The fourth-order valence-electron chi connectivity index (χ4n) is 4.27. The first-order valence-electron chi connectivity index (χ1n) is 11.2. The van der Waals surface area contributed by atoms with E-state index < -0.39 is 10.0 Å². The van der Waals surface area contributed by atoms with Crippen LogP contribution in [-0.2, 0) is 16.6 Å². The summed E-state index contributed by atoms with van der Waals surface area (Å²) in [4.78, 5) is 14.9. The molecule has 0 atom stereocenters. The second-order valence-electron chi connectivity index (χ2n) is 8.38. The summed E-state index contributed by atoms with van der Waals surface area (Å²) in [6.45, 7) is 2.39. The highest BCUT2D eigenvalue weighted by Crippen LogP contribution is 2.27. The number of rotatable bonds is 6. The Bertz CT molecular complexity index is 1490. The molecule has 1 aliphatic heterocycles. The second kappa shape index (κ2) is 9.44. The largest absolute Gasteiger partial charge is 0.372 e. The molecule has 0 saturated carbocycles. The number of halogens is 1. The third kappa shape index (κ3) is 4.71. The smallest absolute Gasteiger partial charge is 0.308 e. The van der Waals surface area contributed by atoms with Crippen molar-refractivity contribution in [2.75, 3.05) is 22.7 Å². The summed E-state index contributed by atoms with van der Waals surface area (Å²) in [5, 5.41) is 0.587. The van der Waals surface area contributed by atoms with Crippen LogP contribution in [0.1, 0.15) is 24.8 Å². The number of hydrogen-bond donors (Lipinski definition) is 1. The molecular formula is C25H24ClN3O3S2. The summed E-state index contributed by atoms with van der Waals surface area (Å²) in [6.07, 6.45) is 3.63. The molecule has 4 aromatic rings. The number of thiazole rings is 1. The van der Waals surface area contributed by atoms with Crippen molar-refractivity contribution in [2.45, 2.75) is 30.7 Å². The number of benzene rings is 3. The maximum Gasteiger partial charge on any atom is 0.308 e. The van der Waals surface area contributed by atoms with E-state index in [4.69, 9.17) is 11.6 Å². The van der Waals surface area contributed by atoms with E-state index in [9.17, 15) is 13.2 Å². The van der Waals surface area contributed by atoms with Crippen molar-refractivity contribution in [3.8, 4) is 0 Å².